The molecule has 0 atom stereocenters. The van der Waals surface area contributed by atoms with Crippen molar-refractivity contribution in [3.05, 3.63) is 23.8 Å². The molecule has 1 aromatic heterocycles. The normalized spacial score (nSPS) is 13.8. The van der Waals surface area contributed by atoms with Gasteiger partial charge < -0.3 is 19.7 Å². The van der Waals surface area contributed by atoms with Crippen molar-refractivity contribution in [3.8, 4) is 22.8 Å². The van der Waals surface area contributed by atoms with Crippen molar-refractivity contribution in [1.82, 2.24) is 5.16 Å². The van der Waals surface area contributed by atoms with Crippen LogP contribution < -0.4 is 15.2 Å². The number of benzene rings is 1. The maximum atomic E-state index is 5.88. The average Bonchev–Trinajstić information content (AvgIpc) is 2.79. The lowest BCUT2D eigenvalue weighted by Gasteiger charge is -2.18. The zero-order valence-corrected chi connectivity index (χ0v) is 11.7. The molecule has 0 unspecified atom stereocenters. The maximum absolute atomic E-state index is 5.88. The minimum atomic E-state index is 0.392. The Hall–Kier alpha value is -2.17. The number of hydrogen-bond acceptors (Lipinski definition) is 5. The van der Waals surface area contributed by atoms with Gasteiger partial charge in [0.2, 0.25) is 5.88 Å². The van der Waals surface area contributed by atoms with Gasteiger partial charge >= 0.3 is 0 Å². The van der Waals surface area contributed by atoms with Gasteiger partial charge in [-0.15, -0.1) is 0 Å². The monoisotopic (exact) mass is 274 g/mol. The zero-order valence-electron chi connectivity index (χ0n) is 11.7. The summed E-state index contributed by atoms with van der Waals surface area (Å²) in [4.78, 5) is 0. The highest BCUT2D eigenvalue weighted by Gasteiger charge is 2.19. The van der Waals surface area contributed by atoms with Gasteiger partial charge in [0.15, 0.2) is 11.5 Å². The minimum absolute atomic E-state index is 0.392. The summed E-state index contributed by atoms with van der Waals surface area (Å²) < 4.78 is 16.3. The predicted octanol–water partition coefficient (Wildman–Crippen LogP) is 2.89. The molecular weight excluding hydrogens is 256 g/mol. The first-order valence-corrected chi connectivity index (χ1v) is 6.79. The first-order chi connectivity index (χ1) is 9.65. The van der Waals surface area contributed by atoms with E-state index in [1.54, 1.807) is 0 Å². The molecule has 106 valence electrons. The van der Waals surface area contributed by atoms with Crippen molar-refractivity contribution < 1.29 is 14.0 Å². The summed E-state index contributed by atoms with van der Waals surface area (Å²) in [5, 5.41) is 4.09. The highest BCUT2D eigenvalue weighted by atomic mass is 16.6. The second kappa shape index (κ2) is 5.07. The minimum Gasteiger partial charge on any atom is -0.486 e. The Labute approximate surface area is 117 Å². The first kappa shape index (κ1) is 12.8. The van der Waals surface area contributed by atoms with Crippen LogP contribution in [0.4, 0.5) is 5.88 Å². The van der Waals surface area contributed by atoms with Crippen LogP contribution in [0.3, 0.4) is 0 Å². The van der Waals surface area contributed by atoms with E-state index in [1.165, 1.54) is 0 Å². The van der Waals surface area contributed by atoms with Gasteiger partial charge in [-0.3, -0.25) is 0 Å². The maximum Gasteiger partial charge on any atom is 0.225 e. The molecule has 20 heavy (non-hydrogen) atoms. The Morgan fingerprint density at radius 1 is 1.20 bits per heavy atom. The SMILES string of the molecule is CC(C)Cc1c(-c2ccc3c(c2)OCCO3)noc1N. The standard InChI is InChI=1S/C15H18N2O3/c1-9(2)7-11-14(17-20-15(11)16)10-3-4-12-13(8-10)19-6-5-18-12/h3-4,8-9H,5-7,16H2,1-2H3. The Bertz CT molecular complexity index is 620. The molecule has 0 radical (unpaired) electrons. The van der Waals surface area contributed by atoms with Crippen LogP contribution in [0.25, 0.3) is 11.3 Å². The van der Waals surface area contributed by atoms with Crippen LogP contribution in [0.5, 0.6) is 11.5 Å². The van der Waals surface area contributed by atoms with Crippen molar-refractivity contribution in [2.45, 2.75) is 20.3 Å². The predicted molar refractivity (Wildman–Crippen MR) is 75.9 cm³/mol. The molecule has 0 saturated carbocycles. The summed E-state index contributed by atoms with van der Waals surface area (Å²) in [5.74, 6) is 2.38. The molecule has 2 heterocycles. The molecular formula is C15H18N2O3. The number of hydrogen-bond donors (Lipinski definition) is 1. The van der Waals surface area contributed by atoms with E-state index in [9.17, 15) is 0 Å². The average molecular weight is 274 g/mol. The molecule has 0 bridgehead atoms. The number of aromatic nitrogens is 1. The fourth-order valence-electron chi connectivity index (χ4n) is 2.34. The number of nitrogen functional groups attached to an aromatic ring is 1. The van der Waals surface area contributed by atoms with Gasteiger partial charge in [-0.2, -0.15) is 0 Å². The van der Waals surface area contributed by atoms with E-state index < -0.39 is 0 Å². The highest BCUT2D eigenvalue weighted by molar-refractivity contribution is 5.70. The van der Waals surface area contributed by atoms with E-state index in [0.29, 0.717) is 25.0 Å². The van der Waals surface area contributed by atoms with Crippen molar-refractivity contribution >= 4 is 5.88 Å². The number of fused-ring (bicyclic) bond motifs is 1. The molecule has 2 N–H and O–H groups in total. The molecule has 0 saturated heterocycles. The quantitative estimate of drug-likeness (QED) is 0.931. The zero-order chi connectivity index (χ0) is 14.1. The lowest BCUT2D eigenvalue weighted by Crippen LogP contribution is -2.15. The van der Waals surface area contributed by atoms with Crippen LogP contribution in [0.2, 0.25) is 0 Å². The summed E-state index contributed by atoms with van der Waals surface area (Å²) in [5.41, 5.74) is 8.56. The third kappa shape index (κ3) is 2.31. The second-order valence-corrected chi connectivity index (χ2v) is 5.33. The van der Waals surface area contributed by atoms with E-state index in [0.717, 1.165) is 34.7 Å². The number of rotatable bonds is 3. The van der Waals surface area contributed by atoms with E-state index in [-0.39, 0.29) is 0 Å². The molecule has 5 heteroatoms. The van der Waals surface area contributed by atoms with Gasteiger partial charge in [-0.05, 0) is 30.5 Å². The van der Waals surface area contributed by atoms with E-state index in [1.807, 2.05) is 18.2 Å². The number of nitrogens with zero attached hydrogens (tertiary/aromatic N) is 1. The van der Waals surface area contributed by atoms with Gasteiger partial charge in [0.1, 0.15) is 18.9 Å². The molecule has 1 aromatic carbocycles. The van der Waals surface area contributed by atoms with Gasteiger partial charge in [-0.25, -0.2) is 0 Å². The molecule has 2 aromatic rings. The second-order valence-electron chi connectivity index (χ2n) is 5.33. The number of anilines is 1. The van der Waals surface area contributed by atoms with Crippen LogP contribution in [-0.4, -0.2) is 18.4 Å². The fourth-order valence-corrected chi connectivity index (χ4v) is 2.34. The van der Waals surface area contributed by atoms with Crippen LogP contribution in [0.1, 0.15) is 19.4 Å². The Morgan fingerprint density at radius 3 is 2.70 bits per heavy atom. The third-order valence-corrected chi connectivity index (χ3v) is 3.25. The summed E-state index contributed by atoms with van der Waals surface area (Å²) >= 11 is 0. The lowest BCUT2D eigenvalue weighted by atomic mass is 9.99. The Morgan fingerprint density at radius 2 is 1.95 bits per heavy atom. The Balaban J connectivity index is 2.00. The summed E-state index contributed by atoms with van der Waals surface area (Å²) in [6, 6.07) is 5.78. The number of nitrogens with two attached hydrogens (primary N) is 1. The smallest absolute Gasteiger partial charge is 0.225 e. The van der Waals surface area contributed by atoms with Crippen LogP contribution in [0.15, 0.2) is 22.7 Å². The molecule has 3 rings (SSSR count). The summed E-state index contributed by atoms with van der Waals surface area (Å²) in [6.07, 6.45) is 0.832. The van der Waals surface area contributed by atoms with Gasteiger partial charge in [0.25, 0.3) is 0 Å². The molecule has 0 spiro atoms. The Kier molecular flexibility index (Phi) is 3.26. The van der Waals surface area contributed by atoms with Crippen LogP contribution in [-0.2, 0) is 6.42 Å². The third-order valence-electron chi connectivity index (χ3n) is 3.25. The van der Waals surface area contributed by atoms with Crippen molar-refractivity contribution in [3.63, 3.8) is 0 Å². The fraction of sp³-hybridized carbons (Fsp3) is 0.400. The van der Waals surface area contributed by atoms with Crippen LogP contribution >= 0.6 is 0 Å². The van der Waals surface area contributed by atoms with E-state index in [4.69, 9.17) is 19.7 Å². The highest BCUT2D eigenvalue weighted by Crippen LogP contribution is 2.36. The number of ether oxygens (including phenoxy) is 2. The van der Waals surface area contributed by atoms with Crippen molar-refractivity contribution in [2.75, 3.05) is 18.9 Å². The molecule has 1 aliphatic rings. The van der Waals surface area contributed by atoms with E-state index in [2.05, 4.69) is 19.0 Å². The summed E-state index contributed by atoms with van der Waals surface area (Å²) in [7, 11) is 0. The molecule has 0 fully saturated rings. The largest absolute Gasteiger partial charge is 0.486 e. The van der Waals surface area contributed by atoms with Gasteiger partial charge in [-0.1, -0.05) is 19.0 Å². The van der Waals surface area contributed by atoms with Crippen molar-refractivity contribution in [1.29, 1.82) is 0 Å². The van der Waals surface area contributed by atoms with E-state index >= 15 is 0 Å². The summed E-state index contributed by atoms with van der Waals surface area (Å²) in [6.45, 7) is 5.43. The first-order valence-electron chi connectivity index (χ1n) is 6.79. The molecule has 5 nitrogen and oxygen atoms in total. The topological polar surface area (TPSA) is 70.5 Å². The van der Waals surface area contributed by atoms with Crippen LogP contribution in [0, 0.1) is 5.92 Å². The van der Waals surface area contributed by atoms with Crippen molar-refractivity contribution in [2.24, 2.45) is 5.92 Å². The molecule has 0 amide bonds. The molecule has 1 aliphatic heterocycles. The van der Waals surface area contributed by atoms with Gasteiger partial charge in [0, 0.05) is 11.1 Å². The molecule has 0 aliphatic carbocycles. The lowest BCUT2D eigenvalue weighted by molar-refractivity contribution is 0.171. The van der Waals surface area contributed by atoms with Gasteiger partial charge in [0.05, 0.1) is 0 Å².